The smallest absolute Gasteiger partial charge is 0.497 e. The van der Waals surface area contributed by atoms with E-state index in [9.17, 15) is 4.39 Å². The topological polar surface area (TPSA) is 36.9 Å². The first-order valence-corrected chi connectivity index (χ1v) is 9.11. The van der Waals surface area contributed by atoms with E-state index in [1.807, 2.05) is 45.9 Å². The van der Waals surface area contributed by atoms with Crippen LogP contribution in [0.1, 0.15) is 33.3 Å². The molecule has 1 aliphatic heterocycles. The van der Waals surface area contributed by atoms with Crippen LogP contribution < -0.4 is 14.9 Å². The zero-order valence-corrected chi connectivity index (χ0v) is 16.9. The van der Waals surface area contributed by atoms with Crippen molar-refractivity contribution in [1.29, 1.82) is 0 Å². The zero-order valence-electron chi connectivity index (χ0n) is 16.1. The van der Waals surface area contributed by atoms with Crippen LogP contribution in [0.3, 0.4) is 0 Å². The molecule has 4 nitrogen and oxygen atoms in total. The molecular weight excluding hydrogens is 369 g/mol. The molecule has 0 aromatic heterocycles. The summed E-state index contributed by atoms with van der Waals surface area (Å²) < 4.78 is 36.6. The maximum absolute atomic E-state index is 13.2. The van der Waals surface area contributed by atoms with Gasteiger partial charge in [-0.1, -0.05) is 23.7 Å². The molecule has 27 heavy (non-hydrogen) atoms. The summed E-state index contributed by atoms with van der Waals surface area (Å²) in [4.78, 5) is 0. The number of hydrogen-bond acceptors (Lipinski definition) is 4. The monoisotopic (exact) mass is 392 g/mol. The van der Waals surface area contributed by atoms with Crippen molar-refractivity contribution in [2.24, 2.45) is 0 Å². The predicted molar refractivity (Wildman–Crippen MR) is 104 cm³/mol. The fourth-order valence-corrected chi connectivity index (χ4v) is 3.00. The van der Waals surface area contributed by atoms with E-state index in [1.54, 1.807) is 7.11 Å². The van der Waals surface area contributed by atoms with Crippen LogP contribution >= 0.6 is 11.6 Å². The molecule has 7 heteroatoms. The molecule has 2 aromatic carbocycles. The van der Waals surface area contributed by atoms with Crippen LogP contribution in [0.25, 0.3) is 0 Å². The number of benzene rings is 2. The van der Waals surface area contributed by atoms with Gasteiger partial charge in [0.05, 0.1) is 23.3 Å². The molecular formula is C20H23BClFO4. The van der Waals surface area contributed by atoms with Crippen LogP contribution in [-0.2, 0) is 15.9 Å². The maximum atomic E-state index is 13.2. The van der Waals surface area contributed by atoms with E-state index >= 15 is 0 Å². The Kier molecular flexibility index (Phi) is 5.44. The second-order valence-electron chi connectivity index (χ2n) is 7.53. The third-order valence-corrected chi connectivity index (χ3v) is 5.38. The third kappa shape index (κ3) is 4.08. The van der Waals surface area contributed by atoms with Gasteiger partial charge in [0.2, 0.25) is 0 Å². The average molecular weight is 393 g/mol. The number of hydrogen-bond donors (Lipinski definition) is 0. The van der Waals surface area contributed by atoms with Gasteiger partial charge in [-0.05, 0) is 57.5 Å². The Balaban J connectivity index is 1.82. The molecule has 1 saturated heterocycles. The van der Waals surface area contributed by atoms with Crippen LogP contribution in [0.2, 0.25) is 5.02 Å². The lowest BCUT2D eigenvalue weighted by Gasteiger charge is -2.32. The number of methoxy groups -OCH3 is 1. The van der Waals surface area contributed by atoms with Crippen LogP contribution in [0.4, 0.5) is 4.39 Å². The molecule has 0 aliphatic carbocycles. The molecule has 144 valence electrons. The number of halogens is 2. The van der Waals surface area contributed by atoms with E-state index in [4.69, 9.17) is 30.4 Å². The molecule has 3 rings (SSSR count). The molecule has 0 atom stereocenters. The maximum Gasteiger partial charge on any atom is 0.498 e. The molecule has 1 fully saturated rings. The minimum atomic E-state index is -0.542. The van der Waals surface area contributed by atoms with Crippen LogP contribution in [0.15, 0.2) is 36.4 Å². The fraction of sp³-hybridized carbons (Fsp3) is 0.400. The highest BCUT2D eigenvalue weighted by Gasteiger charge is 2.52. The van der Waals surface area contributed by atoms with Crippen molar-refractivity contribution in [2.75, 3.05) is 7.11 Å². The van der Waals surface area contributed by atoms with Crippen LogP contribution in [0.5, 0.6) is 11.5 Å². The van der Waals surface area contributed by atoms with Gasteiger partial charge in [0.1, 0.15) is 23.9 Å². The Morgan fingerprint density at radius 1 is 1.00 bits per heavy atom. The van der Waals surface area contributed by atoms with Crippen molar-refractivity contribution < 1.29 is 23.2 Å². The van der Waals surface area contributed by atoms with Crippen molar-refractivity contribution in [1.82, 2.24) is 0 Å². The molecule has 1 heterocycles. The van der Waals surface area contributed by atoms with Crippen molar-refractivity contribution in [2.45, 2.75) is 45.5 Å². The van der Waals surface area contributed by atoms with Gasteiger partial charge in [0.25, 0.3) is 0 Å². The fourth-order valence-electron chi connectivity index (χ4n) is 2.78. The predicted octanol–water partition coefficient (Wildman–Crippen LogP) is 4.37. The average Bonchev–Trinajstić information content (AvgIpc) is 2.81. The summed E-state index contributed by atoms with van der Waals surface area (Å²) >= 11 is 6.02. The summed E-state index contributed by atoms with van der Waals surface area (Å²) in [7, 11) is 1.07. The Labute approximate surface area is 164 Å². The number of ether oxygens (including phenoxy) is 2. The van der Waals surface area contributed by atoms with Crippen LogP contribution in [-0.4, -0.2) is 25.4 Å². The summed E-state index contributed by atoms with van der Waals surface area (Å²) in [6, 6.07) is 9.72. The van der Waals surface area contributed by atoms with Gasteiger partial charge in [-0.3, -0.25) is 0 Å². The second-order valence-corrected chi connectivity index (χ2v) is 7.94. The van der Waals surface area contributed by atoms with Gasteiger partial charge in [-0.2, -0.15) is 0 Å². The first-order chi connectivity index (χ1) is 12.6. The third-order valence-electron chi connectivity index (χ3n) is 5.09. The molecule has 0 saturated carbocycles. The summed E-state index contributed by atoms with van der Waals surface area (Å²) in [6.45, 7) is 8.28. The standard InChI is InChI=1S/C20H23BClFO4/c1-19(2)20(3,4)27-21(26-19)15-10-13(6-8-17(15)24-5)12-25-18-9-7-14(23)11-16(18)22/h6-11H,12H2,1-5H3. The first-order valence-electron chi connectivity index (χ1n) is 8.73. The first kappa shape index (κ1) is 20.0. The highest BCUT2D eigenvalue weighted by Crippen LogP contribution is 2.37. The quantitative estimate of drug-likeness (QED) is 0.708. The van der Waals surface area contributed by atoms with E-state index in [-0.39, 0.29) is 11.6 Å². The molecule has 0 N–H and O–H groups in total. The van der Waals surface area contributed by atoms with Crippen molar-refractivity contribution in [3.63, 3.8) is 0 Å². The van der Waals surface area contributed by atoms with E-state index in [0.29, 0.717) is 11.5 Å². The van der Waals surface area contributed by atoms with Crippen molar-refractivity contribution >= 4 is 24.2 Å². The molecule has 0 amide bonds. The molecule has 0 unspecified atom stereocenters. The lowest BCUT2D eigenvalue weighted by Crippen LogP contribution is -2.41. The summed E-state index contributed by atoms with van der Waals surface area (Å²) in [6.07, 6.45) is 0. The summed E-state index contributed by atoms with van der Waals surface area (Å²) in [5.74, 6) is 0.697. The minimum absolute atomic E-state index is 0.231. The summed E-state index contributed by atoms with van der Waals surface area (Å²) in [5, 5.41) is 0.231. The van der Waals surface area contributed by atoms with E-state index in [1.165, 1.54) is 18.2 Å². The van der Waals surface area contributed by atoms with Gasteiger partial charge in [0.15, 0.2) is 0 Å². The van der Waals surface area contributed by atoms with Gasteiger partial charge in [-0.25, -0.2) is 4.39 Å². The SMILES string of the molecule is COc1ccc(COc2ccc(F)cc2Cl)cc1B1OC(C)(C)C(C)(C)O1. The van der Waals surface area contributed by atoms with E-state index in [0.717, 1.165) is 11.0 Å². The van der Waals surface area contributed by atoms with Crippen molar-refractivity contribution in [3.05, 3.63) is 52.8 Å². The Morgan fingerprint density at radius 3 is 2.22 bits per heavy atom. The molecule has 0 bridgehead atoms. The van der Waals surface area contributed by atoms with Crippen LogP contribution in [0, 0.1) is 5.82 Å². The molecule has 1 aliphatic rings. The van der Waals surface area contributed by atoms with E-state index in [2.05, 4.69) is 0 Å². The largest absolute Gasteiger partial charge is 0.498 e. The van der Waals surface area contributed by atoms with Crippen molar-refractivity contribution in [3.8, 4) is 11.5 Å². The lowest BCUT2D eigenvalue weighted by molar-refractivity contribution is 0.00578. The van der Waals surface area contributed by atoms with Gasteiger partial charge < -0.3 is 18.8 Å². The van der Waals surface area contributed by atoms with Gasteiger partial charge >= 0.3 is 7.12 Å². The Bertz CT molecular complexity index is 825. The lowest BCUT2D eigenvalue weighted by atomic mass is 9.77. The highest BCUT2D eigenvalue weighted by molar-refractivity contribution is 6.63. The Morgan fingerprint density at radius 2 is 1.63 bits per heavy atom. The molecule has 0 radical (unpaired) electrons. The molecule has 0 spiro atoms. The normalized spacial score (nSPS) is 17.8. The second kappa shape index (κ2) is 7.34. The van der Waals surface area contributed by atoms with Gasteiger partial charge in [0, 0.05) is 5.46 Å². The van der Waals surface area contributed by atoms with Gasteiger partial charge in [-0.15, -0.1) is 0 Å². The highest BCUT2D eigenvalue weighted by atomic mass is 35.5. The van der Waals surface area contributed by atoms with E-state index < -0.39 is 24.1 Å². The minimum Gasteiger partial charge on any atom is -0.497 e. The zero-order chi connectivity index (χ0) is 19.8. The summed E-state index contributed by atoms with van der Waals surface area (Å²) in [5.41, 5.74) is 0.788. The molecule has 2 aromatic rings. The number of rotatable bonds is 5. The Hall–Kier alpha value is -1.76.